The molecule has 0 radical (unpaired) electrons. The van der Waals surface area contributed by atoms with E-state index >= 15 is 0 Å². The molecule has 3 N–H and O–H groups in total. The Balaban J connectivity index is 1.88. The van der Waals surface area contributed by atoms with Crippen LogP contribution in [0.2, 0.25) is 0 Å². The van der Waals surface area contributed by atoms with Gasteiger partial charge >= 0.3 is 5.97 Å². The number of carboxylic acid groups (broad SMARTS) is 1. The predicted octanol–water partition coefficient (Wildman–Crippen LogP) is 0.847. The first-order valence-corrected chi connectivity index (χ1v) is 7.17. The number of rotatable bonds is 7. The summed E-state index contributed by atoms with van der Waals surface area (Å²) in [5.41, 5.74) is -1.11. The SMILES string of the molecule is CC(CCSc1nccc(=O)[nH]1)(NC1CC1)C(=O)O. The number of thioether (sulfide) groups is 1. The third kappa shape index (κ3) is 4.07. The molecule has 104 valence electrons. The second-order valence-electron chi connectivity index (χ2n) is 4.89. The van der Waals surface area contributed by atoms with Gasteiger partial charge in [0.05, 0.1) is 0 Å². The van der Waals surface area contributed by atoms with E-state index in [4.69, 9.17) is 0 Å². The van der Waals surface area contributed by atoms with Gasteiger partial charge in [0.25, 0.3) is 5.56 Å². The van der Waals surface area contributed by atoms with Crippen LogP contribution in [0.1, 0.15) is 26.2 Å². The van der Waals surface area contributed by atoms with Gasteiger partial charge in [-0.1, -0.05) is 11.8 Å². The summed E-state index contributed by atoms with van der Waals surface area (Å²) in [7, 11) is 0. The van der Waals surface area contributed by atoms with Gasteiger partial charge in [-0.2, -0.15) is 0 Å². The molecule has 1 atom stereocenters. The summed E-state index contributed by atoms with van der Waals surface area (Å²) < 4.78 is 0. The lowest BCUT2D eigenvalue weighted by molar-refractivity contribution is -0.144. The van der Waals surface area contributed by atoms with Crippen LogP contribution < -0.4 is 10.9 Å². The lowest BCUT2D eigenvalue weighted by Crippen LogP contribution is -2.51. The molecule has 0 amide bonds. The molecule has 0 aliphatic heterocycles. The van der Waals surface area contributed by atoms with Crippen LogP contribution in [0, 0.1) is 0 Å². The van der Waals surface area contributed by atoms with Crippen molar-refractivity contribution in [3.63, 3.8) is 0 Å². The van der Waals surface area contributed by atoms with Crippen molar-refractivity contribution in [2.24, 2.45) is 0 Å². The van der Waals surface area contributed by atoms with Crippen LogP contribution in [0.3, 0.4) is 0 Å². The minimum absolute atomic E-state index is 0.199. The Morgan fingerprint density at radius 3 is 3.00 bits per heavy atom. The van der Waals surface area contributed by atoms with Crippen molar-refractivity contribution in [2.45, 2.75) is 42.9 Å². The molecule has 19 heavy (non-hydrogen) atoms. The number of hydrogen-bond donors (Lipinski definition) is 3. The molecule has 1 aliphatic carbocycles. The zero-order valence-corrected chi connectivity index (χ0v) is 11.5. The number of nitrogens with one attached hydrogen (secondary N) is 2. The van der Waals surface area contributed by atoms with E-state index in [1.54, 1.807) is 6.92 Å². The summed E-state index contributed by atoms with van der Waals surface area (Å²) in [6.45, 7) is 1.70. The molecule has 7 heteroatoms. The maximum atomic E-state index is 11.3. The molecule has 1 unspecified atom stereocenters. The molecule has 0 spiro atoms. The number of hydrogen-bond acceptors (Lipinski definition) is 5. The van der Waals surface area contributed by atoms with Crippen LogP contribution in [0.25, 0.3) is 0 Å². The number of carbonyl (C=O) groups is 1. The van der Waals surface area contributed by atoms with Gasteiger partial charge in [0.2, 0.25) is 0 Å². The average molecular weight is 283 g/mol. The molecule has 0 saturated heterocycles. The van der Waals surface area contributed by atoms with Crippen molar-refractivity contribution in [3.8, 4) is 0 Å². The smallest absolute Gasteiger partial charge is 0.323 e. The fourth-order valence-corrected chi connectivity index (χ4v) is 2.71. The lowest BCUT2D eigenvalue weighted by Gasteiger charge is -2.26. The second-order valence-corrected chi connectivity index (χ2v) is 5.98. The number of aromatic nitrogens is 2. The van der Waals surface area contributed by atoms with Gasteiger partial charge in [0, 0.05) is 24.1 Å². The highest BCUT2D eigenvalue weighted by Crippen LogP contribution is 2.26. The van der Waals surface area contributed by atoms with E-state index in [-0.39, 0.29) is 5.56 Å². The fraction of sp³-hybridized carbons (Fsp3) is 0.583. The summed E-state index contributed by atoms with van der Waals surface area (Å²) in [5, 5.41) is 13.0. The Morgan fingerprint density at radius 1 is 1.68 bits per heavy atom. The highest BCUT2D eigenvalue weighted by atomic mass is 32.2. The monoisotopic (exact) mass is 283 g/mol. The van der Waals surface area contributed by atoms with Crippen LogP contribution >= 0.6 is 11.8 Å². The molecule has 1 saturated carbocycles. The Bertz CT molecular complexity index is 515. The van der Waals surface area contributed by atoms with Crippen molar-refractivity contribution in [1.29, 1.82) is 0 Å². The van der Waals surface area contributed by atoms with Crippen LogP contribution in [0.5, 0.6) is 0 Å². The van der Waals surface area contributed by atoms with Crippen LogP contribution in [-0.4, -0.2) is 38.4 Å². The summed E-state index contributed by atoms with van der Waals surface area (Å²) in [6.07, 6.45) is 4.01. The van der Waals surface area contributed by atoms with Gasteiger partial charge in [-0.3, -0.25) is 14.9 Å². The molecule has 0 bridgehead atoms. The molecular formula is C12H17N3O3S. The number of carboxylic acids is 1. The minimum Gasteiger partial charge on any atom is -0.480 e. The standard InChI is InChI=1S/C12H17N3O3S/c1-12(10(17)18,15-8-2-3-8)5-7-19-11-13-6-4-9(16)14-11/h4,6,8,15H,2-3,5,7H2,1H3,(H,17,18)(H,13,14,16). The summed E-state index contributed by atoms with van der Waals surface area (Å²) in [6, 6.07) is 1.68. The molecule has 1 heterocycles. The minimum atomic E-state index is -0.913. The van der Waals surface area contributed by atoms with Crippen molar-refractivity contribution in [3.05, 3.63) is 22.6 Å². The topological polar surface area (TPSA) is 95.1 Å². The molecule has 1 aliphatic rings. The number of nitrogens with zero attached hydrogens (tertiary/aromatic N) is 1. The van der Waals surface area contributed by atoms with E-state index in [2.05, 4.69) is 15.3 Å². The summed E-state index contributed by atoms with van der Waals surface area (Å²) >= 11 is 1.36. The van der Waals surface area contributed by atoms with Gasteiger partial charge in [-0.25, -0.2) is 4.98 Å². The number of aliphatic carboxylic acids is 1. The zero-order valence-electron chi connectivity index (χ0n) is 10.7. The second kappa shape index (κ2) is 5.75. The van der Waals surface area contributed by atoms with Crippen molar-refractivity contribution in [1.82, 2.24) is 15.3 Å². The molecule has 1 aromatic rings. The van der Waals surface area contributed by atoms with Gasteiger partial charge in [0.1, 0.15) is 5.54 Å². The Labute approximate surface area is 115 Å². The summed E-state index contributed by atoms with van der Waals surface area (Å²) in [5.74, 6) is -0.260. The van der Waals surface area contributed by atoms with Crippen LogP contribution in [-0.2, 0) is 4.79 Å². The Kier molecular flexibility index (Phi) is 4.26. The van der Waals surface area contributed by atoms with Crippen LogP contribution in [0.15, 0.2) is 22.2 Å². The van der Waals surface area contributed by atoms with E-state index in [0.29, 0.717) is 23.4 Å². The van der Waals surface area contributed by atoms with E-state index < -0.39 is 11.5 Å². The van der Waals surface area contributed by atoms with Crippen molar-refractivity contribution >= 4 is 17.7 Å². The molecule has 6 nitrogen and oxygen atoms in total. The molecule has 2 rings (SSSR count). The van der Waals surface area contributed by atoms with E-state index in [0.717, 1.165) is 12.8 Å². The quantitative estimate of drug-likeness (QED) is 0.507. The summed E-state index contributed by atoms with van der Waals surface area (Å²) in [4.78, 5) is 29.1. The normalized spacial score (nSPS) is 17.9. The maximum Gasteiger partial charge on any atom is 0.323 e. The van der Waals surface area contributed by atoms with E-state index in [9.17, 15) is 14.7 Å². The third-order valence-corrected chi connectivity index (χ3v) is 3.95. The fourth-order valence-electron chi connectivity index (χ4n) is 1.70. The molecule has 1 aromatic heterocycles. The van der Waals surface area contributed by atoms with Gasteiger partial charge in [-0.05, 0) is 26.2 Å². The number of aromatic amines is 1. The largest absolute Gasteiger partial charge is 0.480 e. The average Bonchev–Trinajstić information content (AvgIpc) is 3.12. The van der Waals surface area contributed by atoms with E-state index in [1.165, 1.54) is 24.0 Å². The number of H-pyrrole nitrogens is 1. The maximum absolute atomic E-state index is 11.3. The first-order valence-electron chi connectivity index (χ1n) is 6.19. The molecule has 1 fully saturated rings. The first kappa shape index (κ1) is 14.1. The third-order valence-electron chi connectivity index (χ3n) is 3.06. The Morgan fingerprint density at radius 2 is 2.42 bits per heavy atom. The Hall–Kier alpha value is -1.34. The molecule has 0 aromatic carbocycles. The van der Waals surface area contributed by atoms with E-state index in [1.807, 2.05) is 0 Å². The van der Waals surface area contributed by atoms with Gasteiger partial charge in [0.15, 0.2) is 5.16 Å². The lowest BCUT2D eigenvalue weighted by atomic mass is 9.99. The van der Waals surface area contributed by atoms with Crippen LogP contribution in [0.4, 0.5) is 0 Å². The molecular weight excluding hydrogens is 266 g/mol. The van der Waals surface area contributed by atoms with Gasteiger partial charge in [-0.15, -0.1) is 0 Å². The van der Waals surface area contributed by atoms with Crippen molar-refractivity contribution in [2.75, 3.05) is 5.75 Å². The zero-order chi connectivity index (χ0) is 13.9. The highest BCUT2D eigenvalue weighted by molar-refractivity contribution is 7.99. The van der Waals surface area contributed by atoms with Crippen molar-refractivity contribution < 1.29 is 9.90 Å². The van der Waals surface area contributed by atoms with Gasteiger partial charge < -0.3 is 10.1 Å². The highest BCUT2D eigenvalue weighted by Gasteiger charge is 2.38. The predicted molar refractivity (Wildman–Crippen MR) is 72.4 cm³/mol. The first-order chi connectivity index (χ1) is 8.99.